The van der Waals surface area contributed by atoms with Crippen molar-refractivity contribution < 1.29 is 9.53 Å². The van der Waals surface area contributed by atoms with Crippen LogP contribution < -0.4 is 4.74 Å². The maximum absolute atomic E-state index is 12.5. The van der Waals surface area contributed by atoms with Gasteiger partial charge in [-0.3, -0.25) is 14.7 Å². The van der Waals surface area contributed by atoms with Gasteiger partial charge in [0.2, 0.25) is 5.91 Å². The second-order valence-corrected chi connectivity index (χ2v) is 8.51. The first-order valence-electron chi connectivity index (χ1n) is 10.7. The Morgan fingerprint density at radius 1 is 1.10 bits per heavy atom. The highest BCUT2D eigenvalue weighted by molar-refractivity contribution is 5.77. The second-order valence-electron chi connectivity index (χ2n) is 8.51. The van der Waals surface area contributed by atoms with Gasteiger partial charge in [-0.05, 0) is 55.8 Å². The summed E-state index contributed by atoms with van der Waals surface area (Å²) in [5.74, 6) is 1.19. The van der Waals surface area contributed by atoms with E-state index in [2.05, 4.69) is 39.0 Å². The molecule has 1 aromatic carbocycles. The molecule has 0 saturated carbocycles. The zero-order valence-corrected chi connectivity index (χ0v) is 17.3. The van der Waals surface area contributed by atoms with Crippen molar-refractivity contribution in [1.82, 2.24) is 14.8 Å². The predicted octanol–water partition coefficient (Wildman–Crippen LogP) is 3.54. The molecule has 4 rings (SSSR count). The summed E-state index contributed by atoms with van der Waals surface area (Å²) in [5, 5.41) is 0. The van der Waals surface area contributed by atoms with Crippen molar-refractivity contribution in [2.24, 2.45) is 5.41 Å². The number of aromatic nitrogens is 1. The summed E-state index contributed by atoms with van der Waals surface area (Å²) in [7, 11) is 1.69. The molecule has 154 valence electrons. The van der Waals surface area contributed by atoms with Crippen molar-refractivity contribution in [1.29, 1.82) is 0 Å². The van der Waals surface area contributed by atoms with Crippen molar-refractivity contribution in [3.8, 4) is 5.75 Å². The summed E-state index contributed by atoms with van der Waals surface area (Å²) >= 11 is 0. The van der Waals surface area contributed by atoms with Crippen LogP contribution in [0.25, 0.3) is 0 Å². The average Bonchev–Trinajstić information content (AvgIpc) is 2.77. The van der Waals surface area contributed by atoms with Gasteiger partial charge in [-0.2, -0.15) is 0 Å². The van der Waals surface area contributed by atoms with Crippen LogP contribution in [-0.2, 0) is 17.8 Å². The SMILES string of the molecule is COc1ccnc(CN2CCC3(CCC(=O)N(CCc4ccccc4)C3)CC2)c1. The zero-order chi connectivity index (χ0) is 20.1. The van der Waals surface area contributed by atoms with Crippen LogP contribution in [0.5, 0.6) is 5.75 Å². The Hall–Kier alpha value is -2.40. The molecule has 5 heteroatoms. The van der Waals surface area contributed by atoms with E-state index in [1.165, 1.54) is 5.56 Å². The predicted molar refractivity (Wildman–Crippen MR) is 114 cm³/mol. The molecule has 0 aliphatic carbocycles. The van der Waals surface area contributed by atoms with Crippen molar-refractivity contribution in [2.45, 2.75) is 38.6 Å². The Morgan fingerprint density at radius 2 is 1.90 bits per heavy atom. The van der Waals surface area contributed by atoms with E-state index in [1.807, 2.05) is 24.4 Å². The number of likely N-dealkylation sites (tertiary alicyclic amines) is 2. The van der Waals surface area contributed by atoms with Crippen LogP contribution in [0, 0.1) is 5.41 Å². The minimum Gasteiger partial charge on any atom is -0.497 e. The minimum atomic E-state index is 0.295. The minimum absolute atomic E-state index is 0.295. The van der Waals surface area contributed by atoms with Gasteiger partial charge >= 0.3 is 0 Å². The van der Waals surface area contributed by atoms with Crippen molar-refractivity contribution in [3.63, 3.8) is 0 Å². The lowest BCUT2D eigenvalue weighted by Gasteiger charge is -2.47. The molecule has 1 aromatic heterocycles. The van der Waals surface area contributed by atoms with Crippen LogP contribution in [0.15, 0.2) is 48.7 Å². The third kappa shape index (κ3) is 4.96. The number of rotatable bonds is 6. The molecule has 2 saturated heterocycles. The highest BCUT2D eigenvalue weighted by Crippen LogP contribution is 2.40. The van der Waals surface area contributed by atoms with Crippen LogP contribution in [0.3, 0.4) is 0 Å². The molecule has 0 unspecified atom stereocenters. The third-order valence-corrected chi connectivity index (χ3v) is 6.59. The van der Waals surface area contributed by atoms with Gasteiger partial charge in [0, 0.05) is 38.3 Å². The van der Waals surface area contributed by atoms with E-state index < -0.39 is 0 Å². The van der Waals surface area contributed by atoms with Gasteiger partial charge in [-0.25, -0.2) is 0 Å². The van der Waals surface area contributed by atoms with Crippen molar-refractivity contribution in [2.75, 3.05) is 33.3 Å². The van der Waals surface area contributed by atoms with Crippen LogP contribution in [0.1, 0.15) is 36.9 Å². The molecule has 1 amide bonds. The van der Waals surface area contributed by atoms with Crippen LogP contribution in [0.4, 0.5) is 0 Å². The fourth-order valence-electron chi connectivity index (χ4n) is 4.71. The maximum Gasteiger partial charge on any atom is 0.222 e. The molecule has 3 heterocycles. The van der Waals surface area contributed by atoms with E-state index in [1.54, 1.807) is 7.11 Å². The number of carbonyl (C=O) groups excluding carboxylic acids is 1. The largest absolute Gasteiger partial charge is 0.497 e. The summed E-state index contributed by atoms with van der Waals surface area (Å²) in [5.41, 5.74) is 2.66. The number of piperidine rings is 2. The molecule has 0 bridgehead atoms. The monoisotopic (exact) mass is 393 g/mol. The summed E-state index contributed by atoms with van der Waals surface area (Å²) in [4.78, 5) is 21.6. The normalized spacial score (nSPS) is 19.5. The Labute approximate surface area is 173 Å². The fraction of sp³-hybridized carbons (Fsp3) is 0.500. The molecular weight excluding hydrogens is 362 g/mol. The Balaban J connectivity index is 1.31. The number of pyridine rings is 1. The second kappa shape index (κ2) is 8.95. The topological polar surface area (TPSA) is 45.7 Å². The van der Waals surface area contributed by atoms with E-state index in [0.29, 0.717) is 17.7 Å². The van der Waals surface area contributed by atoms with Crippen LogP contribution in [0.2, 0.25) is 0 Å². The van der Waals surface area contributed by atoms with Gasteiger partial charge in [0.1, 0.15) is 5.75 Å². The highest BCUT2D eigenvalue weighted by Gasteiger charge is 2.40. The average molecular weight is 394 g/mol. The van der Waals surface area contributed by atoms with Crippen LogP contribution >= 0.6 is 0 Å². The fourth-order valence-corrected chi connectivity index (χ4v) is 4.71. The molecule has 2 aliphatic rings. The molecule has 2 aromatic rings. The number of hydrogen-bond acceptors (Lipinski definition) is 4. The highest BCUT2D eigenvalue weighted by atomic mass is 16.5. The van der Waals surface area contributed by atoms with Gasteiger partial charge in [0.05, 0.1) is 12.8 Å². The number of nitrogens with zero attached hydrogens (tertiary/aromatic N) is 3. The van der Waals surface area contributed by atoms with Gasteiger partial charge < -0.3 is 9.64 Å². The molecular formula is C24H31N3O2. The summed E-state index contributed by atoms with van der Waals surface area (Å²) in [6, 6.07) is 14.4. The maximum atomic E-state index is 12.5. The first kappa shape index (κ1) is 19.9. The lowest BCUT2D eigenvalue weighted by atomic mass is 9.72. The molecule has 0 atom stereocenters. The number of ether oxygens (including phenoxy) is 1. The van der Waals surface area contributed by atoms with Crippen LogP contribution in [-0.4, -0.2) is 54.0 Å². The van der Waals surface area contributed by atoms with Gasteiger partial charge in [0.25, 0.3) is 0 Å². The van der Waals surface area contributed by atoms with E-state index in [9.17, 15) is 4.79 Å². The number of amides is 1. The molecule has 29 heavy (non-hydrogen) atoms. The zero-order valence-electron chi connectivity index (χ0n) is 17.3. The summed E-state index contributed by atoms with van der Waals surface area (Å²) in [6.07, 6.45) is 6.82. The standard InChI is InChI=1S/C24H31N3O2/c1-29-22-8-13-25-21(17-22)18-26-15-11-24(12-16-26)10-7-23(28)27(19-24)14-9-20-5-3-2-4-6-20/h2-6,8,13,17H,7,9-12,14-16,18-19H2,1H3. The van der Waals surface area contributed by atoms with E-state index in [4.69, 9.17) is 4.74 Å². The van der Waals surface area contributed by atoms with E-state index in [-0.39, 0.29) is 0 Å². The number of benzene rings is 1. The first-order valence-corrected chi connectivity index (χ1v) is 10.7. The van der Waals surface area contributed by atoms with Gasteiger partial charge in [-0.15, -0.1) is 0 Å². The molecule has 0 N–H and O–H groups in total. The molecule has 5 nitrogen and oxygen atoms in total. The molecule has 2 aliphatic heterocycles. The molecule has 1 spiro atoms. The summed E-state index contributed by atoms with van der Waals surface area (Å²) in [6.45, 7) is 4.76. The van der Waals surface area contributed by atoms with Gasteiger partial charge in [0.15, 0.2) is 0 Å². The number of carbonyl (C=O) groups is 1. The Kier molecular flexibility index (Phi) is 6.14. The van der Waals surface area contributed by atoms with E-state index >= 15 is 0 Å². The van der Waals surface area contributed by atoms with Gasteiger partial charge in [-0.1, -0.05) is 30.3 Å². The number of hydrogen-bond donors (Lipinski definition) is 0. The first-order chi connectivity index (χ1) is 14.2. The number of methoxy groups -OCH3 is 1. The quantitative estimate of drug-likeness (QED) is 0.753. The lowest BCUT2D eigenvalue weighted by molar-refractivity contribution is -0.139. The van der Waals surface area contributed by atoms with E-state index in [0.717, 1.165) is 69.9 Å². The summed E-state index contributed by atoms with van der Waals surface area (Å²) < 4.78 is 5.31. The van der Waals surface area contributed by atoms with Crippen molar-refractivity contribution >= 4 is 5.91 Å². The Bertz CT molecular complexity index is 816. The smallest absolute Gasteiger partial charge is 0.222 e. The Morgan fingerprint density at radius 3 is 2.66 bits per heavy atom. The molecule has 2 fully saturated rings. The van der Waals surface area contributed by atoms with Crippen molar-refractivity contribution in [3.05, 3.63) is 59.9 Å². The lowest BCUT2D eigenvalue weighted by Crippen LogP contribution is -2.51. The molecule has 0 radical (unpaired) electrons. The third-order valence-electron chi connectivity index (χ3n) is 6.59.